The van der Waals surface area contributed by atoms with Gasteiger partial charge in [-0.25, -0.2) is 9.97 Å². The highest BCUT2D eigenvalue weighted by Crippen LogP contribution is 2.32. The lowest BCUT2D eigenvalue weighted by Crippen LogP contribution is -2.14. The molecule has 20 heavy (non-hydrogen) atoms. The number of hydrogen-bond acceptors (Lipinski definition) is 3. The van der Waals surface area contributed by atoms with Crippen LogP contribution in [-0.4, -0.2) is 17.1 Å². The Balaban J connectivity index is 2.64. The molecular weight excluding hydrogens is 340 g/mol. The van der Waals surface area contributed by atoms with Crippen LogP contribution in [0.25, 0.3) is 11.4 Å². The van der Waals surface area contributed by atoms with Crippen LogP contribution in [0.2, 0.25) is 5.15 Å². The van der Waals surface area contributed by atoms with Crippen LogP contribution >= 0.6 is 27.5 Å². The Morgan fingerprint density at radius 1 is 1.15 bits per heavy atom. The highest BCUT2D eigenvalue weighted by atomic mass is 79.9. The van der Waals surface area contributed by atoms with Gasteiger partial charge in [-0.05, 0) is 24.3 Å². The first-order valence-electron chi connectivity index (χ1n) is 6.20. The van der Waals surface area contributed by atoms with Crippen molar-refractivity contribution in [3.8, 4) is 17.1 Å². The molecule has 0 aliphatic carbocycles. The maximum Gasteiger partial charge on any atom is 0.164 e. The van der Waals surface area contributed by atoms with Crippen molar-refractivity contribution in [1.29, 1.82) is 0 Å². The third kappa shape index (κ3) is 3.30. The molecule has 0 bridgehead atoms. The predicted octanol–water partition coefficient (Wildman–Crippen LogP) is 4.87. The highest BCUT2D eigenvalue weighted by Gasteiger charge is 2.19. The molecule has 0 spiro atoms. The van der Waals surface area contributed by atoms with E-state index in [2.05, 4.69) is 46.7 Å². The van der Waals surface area contributed by atoms with Crippen molar-refractivity contribution in [2.45, 2.75) is 26.2 Å². The monoisotopic (exact) mass is 354 g/mol. The summed E-state index contributed by atoms with van der Waals surface area (Å²) in [5.41, 5.74) is 1.62. The second-order valence-electron chi connectivity index (χ2n) is 5.49. The molecule has 1 heterocycles. The molecule has 5 heteroatoms. The number of hydrogen-bond donors (Lipinski definition) is 0. The molecule has 1 aromatic carbocycles. The summed E-state index contributed by atoms with van der Waals surface area (Å²) in [5, 5.41) is 0.432. The minimum absolute atomic E-state index is 0.0966. The Morgan fingerprint density at radius 2 is 1.85 bits per heavy atom. The zero-order valence-electron chi connectivity index (χ0n) is 11.9. The molecule has 2 rings (SSSR count). The Morgan fingerprint density at radius 3 is 2.45 bits per heavy atom. The van der Waals surface area contributed by atoms with E-state index in [1.54, 1.807) is 13.2 Å². The van der Waals surface area contributed by atoms with Gasteiger partial charge in [0, 0.05) is 9.89 Å². The number of benzene rings is 1. The molecule has 1 aromatic heterocycles. The molecular formula is C15H16BrClN2O. The quantitative estimate of drug-likeness (QED) is 0.721. The van der Waals surface area contributed by atoms with Gasteiger partial charge in [0.25, 0.3) is 0 Å². The number of methoxy groups -OCH3 is 1. The zero-order valence-corrected chi connectivity index (χ0v) is 14.2. The van der Waals surface area contributed by atoms with Crippen LogP contribution < -0.4 is 4.74 Å². The van der Waals surface area contributed by atoms with E-state index in [4.69, 9.17) is 16.3 Å². The molecule has 0 aliphatic heterocycles. The van der Waals surface area contributed by atoms with Gasteiger partial charge >= 0.3 is 0 Å². The molecule has 3 nitrogen and oxygen atoms in total. The van der Waals surface area contributed by atoms with E-state index in [0.29, 0.717) is 11.0 Å². The second kappa shape index (κ2) is 5.70. The molecule has 106 valence electrons. The summed E-state index contributed by atoms with van der Waals surface area (Å²) in [4.78, 5) is 8.95. The first kappa shape index (κ1) is 15.3. The Bertz CT molecular complexity index is 638. The lowest BCUT2D eigenvalue weighted by Gasteiger charge is -2.19. The standard InChI is InChI=1S/C15H16BrClN2O/c1-15(2,3)12-8-13(17)19-14(18-12)10-7-9(16)5-6-11(10)20-4/h5-8H,1-4H3. The molecule has 0 aliphatic rings. The molecule has 0 unspecified atom stereocenters. The number of ether oxygens (including phenoxy) is 1. The summed E-state index contributed by atoms with van der Waals surface area (Å²) in [5.74, 6) is 1.29. The van der Waals surface area contributed by atoms with Gasteiger partial charge in [0.2, 0.25) is 0 Å². The van der Waals surface area contributed by atoms with E-state index in [0.717, 1.165) is 21.5 Å². The molecule has 0 atom stereocenters. The molecule has 0 fully saturated rings. The van der Waals surface area contributed by atoms with Gasteiger partial charge < -0.3 is 4.74 Å². The smallest absolute Gasteiger partial charge is 0.164 e. The van der Waals surface area contributed by atoms with Crippen LogP contribution in [0, 0.1) is 0 Å². The van der Waals surface area contributed by atoms with Gasteiger partial charge in [0.15, 0.2) is 5.82 Å². The summed E-state index contributed by atoms with van der Waals surface area (Å²) in [6.07, 6.45) is 0. The third-order valence-electron chi connectivity index (χ3n) is 2.87. The zero-order chi connectivity index (χ0) is 14.9. The summed E-state index contributed by atoms with van der Waals surface area (Å²) in [6, 6.07) is 7.52. The number of aromatic nitrogens is 2. The average molecular weight is 356 g/mol. The fourth-order valence-corrected chi connectivity index (χ4v) is 2.32. The van der Waals surface area contributed by atoms with E-state index in [-0.39, 0.29) is 5.41 Å². The Kier molecular flexibility index (Phi) is 4.35. The topological polar surface area (TPSA) is 35.0 Å². The maximum absolute atomic E-state index is 6.14. The fraction of sp³-hybridized carbons (Fsp3) is 0.333. The average Bonchev–Trinajstić information content (AvgIpc) is 2.37. The van der Waals surface area contributed by atoms with E-state index in [1.165, 1.54) is 0 Å². The van der Waals surface area contributed by atoms with Crippen LogP contribution in [0.3, 0.4) is 0 Å². The number of nitrogens with zero attached hydrogens (tertiary/aromatic N) is 2. The van der Waals surface area contributed by atoms with Gasteiger partial charge in [0.05, 0.1) is 18.4 Å². The van der Waals surface area contributed by atoms with Crippen molar-refractivity contribution in [3.05, 3.63) is 39.6 Å². The Labute approximate surface area is 132 Å². The van der Waals surface area contributed by atoms with Crippen LogP contribution in [0.5, 0.6) is 5.75 Å². The number of halogens is 2. The third-order valence-corrected chi connectivity index (χ3v) is 3.55. The summed E-state index contributed by atoms with van der Waals surface area (Å²) in [6.45, 7) is 6.27. The summed E-state index contributed by atoms with van der Waals surface area (Å²) < 4.78 is 6.32. The summed E-state index contributed by atoms with van der Waals surface area (Å²) >= 11 is 9.59. The van der Waals surface area contributed by atoms with Crippen LogP contribution in [0.15, 0.2) is 28.7 Å². The van der Waals surface area contributed by atoms with Gasteiger partial charge in [-0.1, -0.05) is 48.3 Å². The molecule has 0 saturated heterocycles. The van der Waals surface area contributed by atoms with E-state index < -0.39 is 0 Å². The van der Waals surface area contributed by atoms with Gasteiger partial charge in [0.1, 0.15) is 10.9 Å². The van der Waals surface area contributed by atoms with Gasteiger partial charge in [-0.3, -0.25) is 0 Å². The largest absolute Gasteiger partial charge is 0.496 e. The van der Waals surface area contributed by atoms with Gasteiger partial charge in [-0.2, -0.15) is 0 Å². The van der Waals surface area contributed by atoms with E-state index in [9.17, 15) is 0 Å². The van der Waals surface area contributed by atoms with Crippen LogP contribution in [-0.2, 0) is 5.41 Å². The Hall–Kier alpha value is -1.13. The lowest BCUT2D eigenvalue weighted by molar-refractivity contribution is 0.416. The molecule has 0 radical (unpaired) electrons. The van der Waals surface area contributed by atoms with Crippen molar-refractivity contribution >= 4 is 27.5 Å². The molecule has 2 aromatic rings. The van der Waals surface area contributed by atoms with Crippen molar-refractivity contribution in [3.63, 3.8) is 0 Å². The SMILES string of the molecule is COc1ccc(Br)cc1-c1nc(Cl)cc(C(C)(C)C)n1. The van der Waals surface area contributed by atoms with Gasteiger partial charge in [-0.15, -0.1) is 0 Å². The second-order valence-corrected chi connectivity index (χ2v) is 6.80. The van der Waals surface area contributed by atoms with Crippen molar-refractivity contribution < 1.29 is 4.74 Å². The molecule has 0 saturated carbocycles. The molecule has 0 amide bonds. The van der Waals surface area contributed by atoms with E-state index in [1.807, 2.05) is 18.2 Å². The van der Waals surface area contributed by atoms with E-state index >= 15 is 0 Å². The molecule has 0 N–H and O–H groups in total. The first-order chi connectivity index (χ1) is 9.31. The number of rotatable bonds is 2. The predicted molar refractivity (Wildman–Crippen MR) is 85.4 cm³/mol. The van der Waals surface area contributed by atoms with Crippen LogP contribution in [0.1, 0.15) is 26.5 Å². The summed E-state index contributed by atoms with van der Waals surface area (Å²) in [7, 11) is 1.63. The van der Waals surface area contributed by atoms with Crippen LogP contribution in [0.4, 0.5) is 0 Å². The fourth-order valence-electron chi connectivity index (χ4n) is 1.78. The minimum atomic E-state index is -0.0966. The van der Waals surface area contributed by atoms with Crippen molar-refractivity contribution in [2.24, 2.45) is 0 Å². The maximum atomic E-state index is 6.14. The first-order valence-corrected chi connectivity index (χ1v) is 7.37. The van der Waals surface area contributed by atoms with Crippen molar-refractivity contribution in [2.75, 3.05) is 7.11 Å². The highest BCUT2D eigenvalue weighted by molar-refractivity contribution is 9.10. The minimum Gasteiger partial charge on any atom is -0.496 e. The van der Waals surface area contributed by atoms with Crippen molar-refractivity contribution in [1.82, 2.24) is 9.97 Å². The normalized spacial score (nSPS) is 11.5. The lowest BCUT2D eigenvalue weighted by atomic mass is 9.92.